The van der Waals surface area contributed by atoms with Crippen LogP contribution >= 0.6 is 11.3 Å². The molecule has 0 saturated carbocycles. The van der Waals surface area contributed by atoms with Gasteiger partial charge in [0.15, 0.2) is 10.9 Å². The van der Waals surface area contributed by atoms with Crippen molar-refractivity contribution in [3.8, 4) is 0 Å². The van der Waals surface area contributed by atoms with Crippen LogP contribution in [-0.4, -0.2) is 43.9 Å². The number of benzene rings is 2. The van der Waals surface area contributed by atoms with Gasteiger partial charge in [0, 0.05) is 11.1 Å². The smallest absolute Gasteiger partial charge is 0.260 e. The lowest BCUT2D eigenvalue weighted by atomic mass is 10.1. The molecule has 1 heterocycles. The van der Waals surface area contributed by atoms with Crippen LogP contribution in [0.15, 0.2) is 42.5 Å². The van der Waals surface area contributed by atoms with Crippen LogP contribution in [0.3, 0.4) is 0 Å². The number of anilines is 1. The molecule has 0 atom stereocenters. The molecule has 1 aromatic heterocycles. The van der Waals surface area contributed by atoms with Gasteiger partial charge in [0.1, 0.15) is 5.82 Å². The molecule has 0 saturated heterocycles. The van der Waals surface area contributed by atoms with E-state index in [0.717, 1.165) is 6.54 Å². The van der Waals surface area contributed by atoms with Crippen LogP contribution in [0.2, 0.25) is 0 Å². The van der Waals surface area contributed by atoms with Crippen LogP contribution in [0.1, 0.15) is 27.6 Å². The minimum atomic E-state index is -0.326. The highest BCUT2D eigenvalue weighted by molar-refractivity contribution is 7.22. The zero-order chi connectivity index (χ0) is 19.6. The lowest BCUT2D eigenvalue weighted by molar-refractivity contribution is -0.856. The Morgan fingerprint density at radius 1 is 1.11 bits per heavy atom. The van der Waals surface area contributed by atoms with E-state index >= 15 is 0 Å². The second-order valence-corrected chi connectivity index (χ2v) is 7.67. The van der Waals surface area contributed by atoms with E-state index < -0.39 is 0 Å². The molecule has 3 rings (SSSR count). The van der Waals surface area contributed by atoms with Crippen molar-refractivity contribution < 1.29 is 18.9 Å². The van der Waals surface area contributed by atoms with Crippen molar-refractivity contribution in [2.24, 2.45) is 0 Å². The van der Waals surface area contributed by atoms with E-state index in [1.807, 2.05) is 14.1 Å². The van der Waals surface area contributed by atoms with E-state index in [2.05, 4.69) is 4.98 Å². The summed E-state index contributed by atoms with van der Waals surface area (Å²) in [6.45, 7) is 2.71. The first-order valence-electron chi connectivity index (χ1n) is 8.63. The summed E-state index contributed by atoms with van der Waals surface area (Å²) in [5.41, 5.74) is 1.71. The van der Waals surface area contributed by atoms with Gasteiger partial charge in [0.25, 0.3) is 5.91 Å². The van der Waals surface area contributed by atoms with Crippen molar-refractivity contribution in [3.05, 3.63) is 59.4 Å². The monoisotopic (exact) mass is 386 g/mol. The number of amides is 1. The fraction of sp³-hybridized carbons (Fsp3) is 0.250. The van der Waals surface area contributed by atoms with Gasteiger partial charge < -0.3 is 4.90 Å². The topological polar surface area (TPSA) is 54.7 Å². The Bertz CT molecular complexity index is 983. The molecule has 0 aliphatic rings. The maximum absolute atomic E-state index is 13.5. The number of likely N-dealkylation sites (N-methyl/N-ethyl adjacent to an activating group) is 1. The SMILES string of the molecule is CC(=O)c1ccc(C(=O)N(CC[NH+](C)C)c2nc3ccc(F)cc3s2)cc1. The van der Waals surface area contributed by atoms with E-state index in [4.69, 9.17) is 0 Å². The van der Waals surface area contributed by atoms with Crippen molar-refractivity contribution in [2.45, 2.75) is 6.92 Å². The number of aromatic nitrogens is 1. The number of Topliss-reactive ketones (excluding diaryl/α,β-unsaturated/α-hetero) is 1. The first-order valence-corrected chi connectivity index (χ1v) is 9.45. The maximum atomic E-state index is 13.5. The summed E-state index contributed by atoms with van der Waals surface area (Å²) in [6, 6.07) is 11.0. The molecule has 3 aromatic rings. The van der Waals surface area contributed by atoms with Crippen molar-refractivity contribution >= 4 is 38.4 Å². The Labute approximate surface area is 161 Å². The van der Waals surface area contributed by atoms with Crippen molar-refractivity contribution in [1.29, 1.82) is 0 Å². The third-order valence-electron chi connectivity index (χ3n) is 4.19. The Balaban J connectivity index is 1.95. The number of quaternary nitrogens is 1. The minimum absolute atomic E-state index is 0.0461. The van der Waals surface area contributed by atoms with Crippen LogP contribution in [0, 0.1) is 5.82 Å². The average Bonchev–Trinajstić information content (AvgIpc) is 3.04. The summed E-state index contributed by atoms with van der Waals surface area (Å²) in [6.07, 6.45) is 0. The van der Waals surface area contributed by atoms with Crippen molar-refractivity contribution in [2.75, 3.05) is 32.1 Å². The predicted octanol–water partition coefficient (Wildman–Crippen LogP) is 2.43. The molecule has 0 unspecified atom stereocenters. The summed E-state index contributed by atoms with van der Waals surface area (Å²) in [4.78, 5) is 31.9. The van der Waals surface area contributed by atoms with Gasteiger partial charge in [-0.3, -0.25) is 14.5 Å². The molecule has 0 spiro atoms. The standard InChI is InChI=1S/C20H20FN3O2S/c1-13(25)14-4-6-15(7-5-14)19(26)24(11-10-23(2)3)20-22-17-9-8-16(21)12-18(17)27-20/h4-9,12H,10-11H2,1-3H3/p+1. The number of nitrogens with zero attached hydrogens (tertiary/aromatic N) is 2. The van der Waals surface area contributed by atoms with Crippen LogP contribution in [-0.2, 0) is 0 Å². The number of rotatable bonds is 6. The quantitative estimate of drug-likeness (QED) is 0.662. The molecule has 0 fully saturated rings. The van der Waals surface area contributed by atoms with Gasteiger partial charge in [-0.2, -0.15) is 0 Å². The van der Waals surface area contributed by atoms with Crippen LogP contribution < -0.4 is 9.80 Å². The summed E-state index contributed by atoms with van der Waals surface area (Å²) >= 11 is 1.29. The minimum Gasteiger partial charge on any atom is -0.338 e. The lowest BCUT2D eigenvalue weighted by Gasteiger charge is -2.20. The molecule has 27 heavy (non-hydrogen) atoms. The number of fused-ring (bicyclic) bond motifs is 1. The number of thiazole rings is 1. The first kappa shape index (κ1) is 19.1. The second kappa shape index (κ2) is 7.94. The fourth-order valence-electron chi connectivity index (χ4n) is 2.62. The number of carbonyl (C=O) groups is 2. The highest BCUT2D eigenvalue weighted by Gasteiger charge is 2.22. The molecule has 0 bridgehead atoms. The van der Waals surface area contributed by atoms with Crippen molar-refractivity contribution in [1.82, 2.24) is 4.98 Å². The molecule has 1 amide bonds. The third-order valence-corrected chi connectivity index (χ3v) is 5.23. The third kappa shape index (κ3) is 4.37. The van der Waals surface area contributed by atoms with Gasteiger partial charge >= 0.3 is 0 Å². The zero-order valence-electron chi connectivity index (χ0n) is 15.5. The van der Waals surface area contributed by atoms with Gasteiger partial charge in [0.05, 0.1) is 37.4 Å². The molecule has 0 aliphatic heterocycles. The molecule has 5 nitrogen and oxygen atoms in total. The van der Waals surface area contributed by atoms with Crippen molar-refractivity contribution in [3.63, 3.8) is 0 Å². The summed E-state index contributed by atoms with van der Waals surface area (Å²) in [7, 11) is 4.02. The van der Waals surface area contributed by atoms with Gasteiger partial charge in [-0.15, -0.1) is 0 Å². The largest absolute Gasteiger partial charge is 0.338 e. The molecular formula is C20H21FN3O2S+. The molecular weight excluding hydrogens is 365 g/mol. The zero-order valence-corrected chi connectivity index (χ0v) is 16.3. The van der Waals surface area contributed by atoms with E-state index in [9.17, 15) is 14.0 Å². The van der Waals surface area contributed by atoms with E-state index in [1.165, 1.54) is 35.3 Å². The Morgan fingerprint density at radius 2 is 1.78 bits per heavy atom. The van der Waals surface area contributed by atoms with Gasteiger partial charge in [-0.1, -0.05) is 23.5 Å². The average molecular weight is 386 g/mol. The molecule has 140 valence electrons. The van der Waals surface area contributed by atoms with Gasteiger partial charge in [0.2, 0.25) is 0 Å². The number of hydrogen-bond donors (Lipinski definition) is 1. The molecule has 7 heteroatoms. The molecule has 0 radical (unpaired) electrons. The van der Waals surface area contributed by atoms with E-state index in [1.54, 1.807) is 35.2 Å². The van der Waals surface area contributed by atoms with Crippen LogP contribution in [0.4, 0.5) is 9.52 Å². The normalized spacial score (nSPS) is 11.1. The van der Waals surface area contributed by atoms with Crippen LogP contribution in [0.25, 0.3) is 10.2 Å². The Hall–Kier alpha value is -2.64. The second-order valence-electron chi connectivity index (χ2n) is 6.66. The van der Waals surface area contributed by atoms with Gasteiger partial charge in [-0.05, 0) is 37.3 Å². The number of ketones is 1. The number of nitrogens with one attached hydrogen (secondary N) is 1. The maximum Gasteiger partial charge on any atom is 0.260 e. The first-order chi connectivity index (χ1) is 12.8. The Kier molecular flexibility index (Phi) is 5.62. The molecule has 2 aromatic carbocycles. The van der Waals surface area contributed by atoms with Crippen LogP contribution in [0.5, 0.6) is 0 Å². The molecule has 0 aliphatic carbocycles. The highest BCUT2D eigenvalue weighted by atomic mass is 32.1. The molecule has 1 N–H and O–H groups in total. The number of hydrogen-bond acceptors (Lipinski definition) is 4. The summed E-state index contributed by atoms with van der Waals surface area (Å²) < 4.78 is 14.2. The fourth-order valence-corrected chi connectivity index (χ4v) is 3.64. The lowest BCUT2D eigenvalue weighted by Crippen LogP contribution is -3.06. The van der Waals surface area contributed by atoms with E-state index in [0.29, 0.717) is 33.0 Å². The van der Waals surface area contributed by atoms with E-state index in [-0.39, 0.29) is 17.5 Å². The number of halogens is 1. The van der Waals surface area contributed by atoms with Gasteiger partial charge in [-0.25, -0.2) is 9.37 Å². The number of carbonyl (C=O) groups excluding carboxylic acids is 2. The Morgan fingerprint density at radius 3 is 2.41 bits per heavy atom. The highest BCUT2D eigenvalue weighted by Crippen LogP contribution is 2.30. The summed E-state index contributed by atoms with van der Waals surface area (Å²) in [5, 5.41) is 0.539. The summed E-state index contributed by atoms with van der Waals surface area (Å²) in [5.74, 6) is -0.561. The predicted molar refractivity (Wildman–Crippen MR) is 105 cm³/mol.